The Morgan fingerprint density at radius 1 is 1.50 bits per heavy atom. The van der Waals surface area contributed by atoms with Gasteiger partial charge in [0.2, 0.25) is 0 Å². The molecule has 0 fully saturated rings. The van der Waals surface area contributed by atoms with E-state index in [-0.39, 0.29) is 12.4 Å². The number of aliphatic hydroxyl groups excluding tert-OH is 1. The number of aromatic nitrogens is 2. The van der Waals surface area contributed by atoms with Gasteiger partial charge in [0.1, 0.15) is 6.61 Å². The number of halogens is 2. The third-order valence-electron chi connectivity index (χ3n) is 3.06. The van der Waals surface area contributed by atoms with Crippen molar-refractivity contribution in [2.75, 3.05) is 0 Å². The molecule has 0 aliphatic carbocycles. The first-order valence-electron chi connectivity index (χ1n) is 6.18. The second-order valence-electron chi connectivity index (χ2n) is 4.62. The summed E-state index contributed by atoms with van der Waals surface area (Å²) in [5.74, 6) is -0.335. The molecule has 0 unspecified atom stereocenters. The minimum Gasteiger partial charge on any atom is -0.484 e. The molecule has 0 radical (unpaired) electrons. The summed E-state index contributed by atoms with van der Waals surface area (Å²) in [6.45, 7) is 3.68. The van der Waals surface area contributed by atoms with Crippen LogP contribution in [0.4, 0.5) is 4.39 Å². The largest absolute Gasteiger partial charge is 0.484 e. The van der Waals surface area contributed by atoms with Crippen molar-refractivity contribution >= 4 is 15.9 Å². The van der Waals surface area contributed by atoms with Gasteiger partial charge >= 0.3 is 0 Å². The SMILES string of the molecule is Cc1nn(C)c(COc2ccc([C@H](C)O)cc2F)c1Br. The summed E-state index contributed by atoms with van der Waals surface area (Å²) in [7, 11) is 1.81. The maximum absolute atomic E-state index is 13.8. The molecular formula is C14H16BrFN2O2. The molecule has 0 aliphatic rings. The highest BCUT2D eigenvalue weighted by atomic mass is 79.9. The zero-order chi connectivity index (χ0) is 14.9. The smallest absolute Gasteiger partial charge is 0.165 e. The molecule has 1 aromatic carbocycles. The fourth-order valence-corrected chi connectivity index (χ4v) is 2.33. The van der Waals surface area contributed by atoms with E-state index in [0.717, 1.165) is 15.9 Å². The van der Waals surface area contributed by atoms with Gasteiger partial charge < -0.3 is 9.84 Å². The van der Waals surface area contributed by atoms with Crippen LogP contribution >= 0.6 is 15.9 Å². The molecule has 0 bridgehead atoms. The second kappa shape index (κ2) is 5.93. The van der Waals surface area contributed by atoms with Crippen LogP contribution in [-0.4, -0.2) is 14.9 Å². The molecule has 108 valence electrons. The number of benzene rings is 1. The number of ether oxygens (including phenoxy) is 1. The van der Waals surface area contributed by atoms with E-state index in [1.54, 1.807) is 17.7 Å². The number of aliphatic hydroxyl groups is 1. The molecule has 6 heteroatoms. The van der Waals surface area contributed by atoms with Crippen molar-refractivity contribution in [3.63, 3.8) is 0 Å². The predicted octanol–water partition coefficient (Wildman–Crippen LogP) is 3.26. The number of hydrogen-bond donors (Lipinski definition) is 1. The lowest BCUT2D eigenvalue weighted by molar-refractivity contribution is 0.198. The molecular weight excluding hydrogens is 327 g/mol. The van der Waals surface area contributed by atoms with Crippen molar-refractivity contribution in [2.45, 2.75) is 26.6 Å². The van der Waals surface area contributed by atoms with Crippen molar-refractivity contribution in [3.8, 4) is 5.75 Å². The van der Waals surface area contributed by atoms with Gasteiger partial charge in [-0.05, 0) is 47.5 Å². The van der Waals surface area contributed by atoms with Gasteiger partial charge in [0.25, 0.3) is 0 Å². The summed E-state index contributed by atoms with van der Waals surface area (Å²) >= 11 is 3.43. The Kier molecular flexibility index (Phi) is 4.45. The predicted molar refractivity (Wildman–Crippen MR) is 77.0 cm³/mol. The van der Waals surface area contributed by atoms with Crippen molar-refractivity contribution < 1.29 is 14.2 Å². The molecule has 1 N–H and O–H groups in total. The van der Waals surface area contributed by atoms with Gasteiger partial charge in [-0.3, -0.25) is 4.68 Å². The Morgan fingerprint density at radius 2 is 2.20 bits per heavy atom. The Hall–Kier alpha value is -1.40. The zero-order valence-corrected chi connectivity index (χ0v) is 13.1. The fraction of sp³-hybridized carbons (Fsp3) is 0.357. The van der Waals surface area contributed by atoms with Gasteiger partial charge in [0.15, 0.2) is 11.6 Å². The van der Waals surface area contributed by atoms with Gasteiger partial charge in [-0.1, -0.05) is 6.07 Å². The summed E-state index contributed by atoms with van der Waals surface area (Å²) in [4.78, 5) is 0. The van der Waals surface area contributed by atoms with E-state index in [4.69, 9.17) is 4.74 Å². The summed E-state index contributed by atoms with van der Waals surface area (Å²) < 4.78 is 21.9. The van der Waals surface area contributed by atoms with Crippen molar-refractivity contribution in [1.29, 1.82) is 0 Å². The number of nitrogens with zero attached hydrogens (tertiary/aromatic N) is 2. The summed E-state index contributed by atoms with van der Waals surface area (Å²) in [6.07, 6.45) is -0.701. The highest BCUT2D eigenvalue weighted by molar-refractivity contribution is 9.10. The molecule has 1 atom stereocenters. The highest BCUT2D eigenvalue weighted by Gasteiger charge is 2.13. The van der Waals surface area contributed by atoms with E-state index in [1.807, 2.05) is 14.0 Å². The maximum atomic E-state index is 13.8. The van der Waals surface area contributed by atoms with Crippen molar-refractivity contribution in [3.05, 3.63) is 45.4 Å². The monoisotopic (exact) mass is 342 g/mol. The molecule has 0 amide bonds. The first-order valence-corrected chi connectivity index (χ1v) is 6.97. The fourth-order valence-electron chi connectivity index (χ4n) is 1.88. The van der Waals surface area contributed by atoms with Crippen LogP contribution in [0.2, 0.25) is 0 Å². The van der Waals surface area contributed by atoms with Crippen molar-refractivity contribution in [1.82, 2.24) is 9.78 Å². The van der Waals surface area contributed by atoms with Crippen LogP contribution in [0, 0.1) is 12.7 Å². The zero-order valence-electron chi connectivity index (χ0n) is 11.5. The molecule has 0 saturated carbocycles. The summed E-state index contributed by atoms with van der Waals surface area (Å²) in [6, 6.07) is 4.45. The van der Waals surface area contributed by atoms with Crippen LogP contribution in [-0.2, 0) is 13.7 Å². The Bertz CT molecular complexity index is 626. The van der Waals surface area contributed by atoms with Crippen LogP contribution in [0.5, 0.6) is 5.75 Å². The first-order chi connectivity index (χ1) is 9.40. The average Bonchev–Trinajstić information content (AvgIpc) is 2.62. The van der Waals surface area contributed by atoms with E-state index in [1.165, 1.54) is 12.1 Å². The molecule has 0 saturated heterocycles. The van der Waals surface area contributed by atoms with Gasteiger partial charge in [0, 0.05) is 7.05 Å². The Balaban J connectivity index is 2.15. The standard InChI is InChI=1S/C14H16BrFN2O2/c1-8-14(15)12(18(3)17-8)7-20-13-5-4-10(9(2)19)6-11(13)16/h4-6,9,19H,7H2,1-3H3/t9-/m0/s1. The lowest BCUT2D eigenvalue weighted by Crippen LogP contribution is -2.05. The minimum absolute atomic E-state index is 0.153. The summed E-state index contributed by atoms with van der Waals surface area (Å²) in [5.41, 5.74) is 2.21. The summed E-state index contributed by atoms with van der Waals surface area (Å²) in [5, 5.41) is 13.6. The van der Waals surface area contributed by atoms with E-state index in [0.29, 0.717) is 5.56 Å². The lowest BCUT2D eigenvalue weighted by Gasteiger charge is -2.10. The molecule has 2 aromatic rings. The average molecular weight is 343 g/mol. The molecule has 4 nitrogen and oxygen atoms in total. The minimum atomic E-state index is -0.701. The van der Waals surface area contributed by atoms with E-state index >= 15 is 0 Å². The van der Waals surface area contributed by atoms with E-state index < -0.39 is 11.9 Å². The number of hydrogen-bond acceptors (Lipinski definition) is 3. The highest BCUT2D eigenvalue weighted by Crippen LogP contribution is 2.25. The molecule has 20 heavy (non-hydrogen) atoms. The van der Waals surface area contributed by atoms with Crippen LogP contribution in [0.3, 0.4) is 0 Å². The third-order valence-corrected chi connectivity index (χ3v) is 4.10. The van der Waals surface area contributed by atoms with E-state index in [9.17, 15) is 9.50 Å². The lowest BCUT2D eigenvalue weighted by atomic mass is 10.1. The number of aryl methyl sites for hydroxylation is 2. The Labute approximate surface area is 125 Å². The van der Waals surface area contributed by atoms with Gasteiger partial charge in [0.05, 0.1) is 22.0 Å². The number of rotatable bonds is 4. The Morgan fingerprint density at radius 3 is 2.70 bits per heavy atom. The van der Waals surface area contributed by atoms with Gasteiger partial charge in [-0.25, -0.2) is 4.39 Å². The van der Waals surface area contributed by atoms with Crippen LogP contribution in [0.15, 0.2) is 22.7 Å². The topological polar surface area (TPSA) is 47.3 Å². The van der Waals surface area contributed by atoms with Crippen LogP contribution in [0.1, 0.15) is 30.0 Å². The van der Waals surface area contributed by atoms with Gasteiger partial charge in [-0.2, -0.15) is 5.10 Å². The molecule has 1 heterocycles. The normalized spacial score (nSPS) is 12.5. The van der Waals surface area contributed by atoms with Crippen LogP contribution < -0.4 is 4.74 Å². The van der Waals surface area contributed by atoms with E-state index in [2.05, 4.69) is 21.0 Å². The molecule has 0 aliphatic heterocycles. The van der Waals surface area contributed by atoms with Gasteiger partial charge in [-0.15, -0.1) is 0 Å². The molecule has 1 aromatic heterocycles. The third kappa shape index (κ3) is 3.02. The quantitative estimate of drug-likeness (QED) is 0.927. The van der Waals surface area contributed by atoms with Crippen LogP contribution in [0.25, 0.3) is 0 Å². The maximum Gasteiger partial charge on any atom is 0.165 e. The second-order valence-corrected chi connectivity index (χ2v) is 5.42. The molecule has 2 rings (SSSR count). The van der Waals surface area contributed by atoms with Crippen molar-refractivity contribution in [2.24, 2.45) is 7.05 Å². The first kappa shape index (κ1) is 15.0. The molecule has 0 spiro atoms.